The summed E-state index contributed by atoms with van der Waals surface area (Å²) in [5.74, 6) is -0.288. The Bertz CT molecular complexity index is 374. The minimum atomic E-state index is -0.288. The van der Waals surface area contributed by atoms with Gasteiger partial charge in [-0.15, -0.1) is 0 Å². The summed E-state index contributed by atoms with van der Waals surface area (Å²) in [7, 11) is 0. The van der Waals surface area contributed by atoms with Crippen molar-refractivity contribution in [2.75, 3.05) is 0 Å². The standard InChI is InChI=1S/C11H8O2/c12-11-10(6-7-13-11)8-9-4-2-1-3-5-9/h1-8H. The second-order valence-electron chi connectivity index (χ2n) is 2.72. The molecule has 0 N–H and O–H groups in total. The first-order chi connectivity index (χ1) is 6.36. The number of carbonyl (C=O) groups excluding carboxylic acids is 1. The molecule has 0 amide bonds. The number of rotatable bonds is 1. The van der Waals surface area contributed by atoms with Gasteiger partial charge in [-0.3, -0.25) is 0 Å². The van der Waals surface area contributed by atoms with E-state index in [0.29, 0.717) is 5.57 Å². The number of hydrogen-bond acceptors (Lipinski definition) is 2. The summed E-state index contributed by atoms with van der Waals surface area (Å²) >= 11 is 0. The predicted molar refractivity (Wildman–Crippen MR) is 49.7 cm³/mol. The summed E-state index contributed by atoms with van der Waals surface area (Å²) in [5, 5.41) is 0. The highest BCUT2D eigenvalue weighted by Gasteiger charge is 2.11. The molecular weight excluding hydrogens is 164 g/mol. The molecule has 1 heterocycles. The van der Waals surface area contributed by atoms with Crippen molar-refractivity contribution in [3.63, 3.8) is 0 Å². The zero-order valence-electron chi connectivity index (χ0n) is 6.94. The van der Waals surface area contributed by atoms with Gasteiger partial charge in [-0.25, -0.2) is 4.79 Å². The van der Waals surface area contributed by atoms with E-state index in [1.165, 1.54) is 6.26 Å². The number of cyclic esters (lactones) is 1. The lowest BCUT2D eigenvalue weighted by atomic mass is 10.1. The molecule has 0 bridgehead atoms. The summed E-state index contributed by atoms with van der Waals surface area (Å²) in [5.41, 5.74) is 1.59. The van der Waals surface area contributed by atoms with E-state index in [2.05, 4.69) is 4.74 Å². The van der Waals surface area contributed by atoms with Gasteiger partial charge < -0.3 is 4.74 Å². The summed E-state index contributed by atoms with van der Waals surface area (Å²) in [6, 6.07) is 9.66. The third kappa shape index (κ3) is 1.67. The van der Waals surface area contributed by atoms with Gasteiger partial charge in [0.15, 0.2) is 0 Å². The van der Waals surface area contributed by atoms with Gasteiger partial charge in [0, 0.05) is 0 Å². The first kappa shape index (κ1) is 7.80. The third-order valence-corrected chi connectivity index (χ3v) is 1.78. The van der Waals surface area contributed by atoms with Crippen molar-refractivity contribution in [1.29, 1.82) is 0 Å². The zero-order valence-corrected chi connectivity index (χ0v) is 6.94. The fourth-order valence-electron chi connectivity index (χ4n) is 1.14. The summed E-state index contributed by atoms with van der Waals surface area (Å²) in [4.78, 5) is 11.0. The van der Waals surface area contributed by atoms with Gasteiger partial charge in [0.1, 0.15) is 0 Å². The lowest BCUT2D eigenvalue weighted by Gasteiger charge is -1.93. The molecule has 64 valence electrons. The molecular formula is C11H8O2. The van der Waals surface area contributed by atoms with Crippen LogP contribution in [0.1, 0.15) is 5.56 Å². The average Bonchev–Trinajstić information content (AvgIpc) is 2.54. The van der Waals surface area contributed by atoms with Gasteiger partial charge in [-0.1, -0.05) is 30.3 Å². The number of carbonyl (C=O) groups is 1. The lowest BCUT2D eigenvalue weighted by molar-refractivity contribution is -0.131. The van der Waals surface area contributed by atoms with Crippen molar-refractivity contribution in [2.45, 2.75) is 0 Å². The minimum Gasteiger partial charge on any atom is -0.431 e. The van der Waals surface area contributed by atoms with Gasteiger partial charge in [0.2, 0.25) is 0 Å². The van der Waals surface area contributed by atoms with Crippen LogP contribution in [0.3, 0.4) is 0 Å². The van der Waals surface area contributed by atoms with Crippen LogP contribution in [0.2, 0.25) is 0 Å². The first-order valence-corrected chi connectivity index (χ1v) is 4.00. The maximum atomic E-state index is 11.0. The van der Waals surface area contributed by atoms with Crippen LogP contribution in [0.15, 0.2) is 48.2 Å². The highest BCUT2D eigenvalue weighted by molar-refractivity contribution is 5.98. The van der Waals surface area contributed by atoms with Crippen molar-refractivity contribution < 1.29 is 9.53 Å². The third-order valence-electron chi connectivity index (χ3n) is 1.78. The van der Waals surface area contributed by atoms with Gasteiger partial charge in [0.25, 0.3) is 0 Å². The highest BCUT2D eigenvalue weighted by Crippen LogP contribution is 2.13. The molecule has 0 saturated carbocycles. The van der Waals surface area contributed by atoms with Gasteiger partial charge in [-0.05, 0) is 17.7 Å². The largest absolute Gasteiger partial charge is 0.431 e. The maximum Gasteiger partial charge on any atom is 0.343 e. The van der Waals surface area contributed by atoms with Crippen LogP contribution in [-0.4, -0.2) is 5.97 Å². The molecule has 1 aromatic rings. The van der Waals surface area contributed by atoms with Gasteiger partial charge in [-0.2, -0.15) is 0 Å². The Labute approximate surface area is 76.1 Å². The van der Waals surface area contributed by atoms with E-state index in [1.54, 1.807) is 12.2 Å². The van der Waals surface area contributed by atoms with Crippen molar-refractivity contribution >= 4 is 12.0 Å². The summed E-state index contributed by atoms with van der Waals surface area (Å²) < 4.78 is 4.65. The van der Waals surface area contributed by atoms with E-state index in [-0.39, 0.29) is 5.97 Å². The number of ether oxygens (including phenoxy) is 1. The molecule has 0 radical (unpaired) electrons. The van der Waals surface area contributed by atoms with Crippen LogP contribution in [0.5, 0.6) is 0 Å². The van der Waals surface area contributed by atoms with Crippen LogP contribution in [0, 0.1) is 0 Å². The molecule has 1 aliphatic heterocycles. The Morgan fingerprint density at radius 1 is 1.15 bits per heavy atom. The van der Waals surface area contributed by atoms with Crippen LogP contribution >= 0.6 is 0 Å². The molecule has 1 aromatic carbocycles. The molecule has 0 aliphatic carbocycles. The van der Waals surface area contributed by atoms with Crippen molar-refractivity contribution in [3.8, 4) is 0 Å². The molecule has 1 aliphatic rings. The minimum absolute atomic E-state index is 0.288. The molecule has 0 unspecified atom stereocenters. The summed E-state index contributed by atoms with van der Waals surface area (Å²) in [6.45, 7) is 0. The topological polar surface area (TPSA) is 26.3 Å². The van der Waals surface area contributed by atoms with Gasteiger partial charge in [0.05, 0.1) is 11.8 Å². The molecule has 13 heavy (non-hydrogen) atoms. The zero-order chi connectivity index (χ0) is 9.10. The van der Waals surface area contributed by atoms with Crippen molar-refractivity contribution in [2.24, 2.45) is 0 Å². The monoisotopic (exact) mass is 172 g/mol. The molecule has 0 aromatic heterocycles. The van der Waals surface area contributed by atoms with E-state index in [1.807, 2.05) is 30.3 Å². The lowest BCUT2D eigenvalue weighted by Crippen LogP contribution is -1.94. The molecule has 2 nitrogen and oxygen atoms in total. The SMILES string of the molecule is O=C1OC=CC1=Cc1ccccc1. The average molecular weight is 172 g/mol. The Morgan fingerprint density at radius 3 is 2.54 bits per heavy atom. The van der Waals surface area contributed by atoms with Crippen LogP contribution in [0.25, 0.3) is 6.08 Å². The Morgan fingerprint density at radius 2 is 1.92 bits per heavy atom. The Hall–Kier alpha value is -1.83. The van der Waals surface area contributed by atoms with Crippen LogP contribution in [0.4, 0.5) is 0 Å². The van der Waals surface area contributed by atoms with E-state index >= 15 is 0 Å². The number of benzene rings is 1. The Balaban J connectivity index is 2.30. The quantitative estimate of drug-likeness (QED) is 0.479. The second kappa shape index (κ2) is 3.27. The predicted octanol–water partition coefficient (Wildman–Crippen LogP) is 2.14. The van der Waals surface area contributed by atoms with Gasteiger partial charge >= 0.3 is 5.97 Å². The summed E-state index contributed by atoms with van der Waals surface area (Å²) in [6.07, 6.45) is 4.86. The highest BCUT2D eigenvalue weighted by atomic mass is 16.5. The van der Waals surface area contributed by atoms with Crippen molar-refractivity contribution in [1.82, 2.24) is 0 Å². The first-order valence-electron chi connectivity index (χ1n) is 4.00. The van der Waals surface area contributed by atoms with E-state index in [4.69, 9.17) is 0 Å². The maximum absolute atomic E-state index is 11.0. The normalized spacial score (nSPS) is 17.8. The van der Waals surface area contributed by atoms with Crippen LogP contribution in [-0.2, 0) is 9.53 Å². The number of hydrogen-bond donors (Lipinski definition) is 0. The van der Waals surface area contributed by atoms with Crippen molar-refractivity contribution in [3.05, 3.63) is 53.8 Å². The van der Waals surface area contributed by atoms with E-state index in [9.17, 15) is 4.79 Å². The Kier molecular flexibility index (Phi) is 1.96. The number of esters is 1. The fourth-order valence-corrected chi connectivity index (χ4v) is 1.14. The van der Waals surface area contributed by atoms with Crippen LogP contribution < -0.4 is 0 Å². The molecule has 2 heteroatoms. The molecule has 0 atom stereocenters. The smallest absolute Gasteiger partial charge is 0.343 e. The fraction of sp³-hybridized carbons (Fsp3) is 0. The molecule has 0 fully saturated rings. The second-order valence-corrected chi connectivity index (χ2v) is 2.72. The van der Waals surface area contributed by atoms with E-state index in [0.717, 1.165) is 5.56 Å². The molecule has 0 spiro atoms. The van der Waals surface area contributed by atoms with E-state index < -0.39 is 0 Å². The molecule has 2 rings (SSSR count). The molecule has 0 saturated heterocycles.